The number of amides is 2. The van der Waals surface area contributed by atoms with Gasteiger partial charge < -0.3 is 10.2 Å². The third-order valence-corrected chi connectivity index (χ3v) is 4.37. The van der Waals surface area contributed by atoms with Crippen LogP contribution in [0.1, 0.15) is 52.9 Å². The average molecular weight is 252 g/mol. The molecule has 1 unspecified atom stereocenters. The molecule has 0 aromatic heterocycles. The van der Waals surface area contributed by atoms with Crippen molar-refractivity contribution in [1.29, 1.82) is 0 Å². The van der Waals surface area contributed by atoms with Gasteiger partial charge in [0, 0.05) is 5.54 Å². The van der Waals surface area contributed by atoms with Gasteiger partial charge >= 0.3 is 0 Å². The predicted octanol–water partition coefficient (Wildman–Crippen LogP) is 1.69. The largest absolute Gasteiger partial charge is 0.345 e. The first-order chi connectivity index (χ1) is 8.46. The van der Waals surface area contributed by atoms with Gasteiger partial charge in [0.05, 0.1) is 6.54 Å². The van der Waals surface area contributed by atoms with Gasteiger partial charge in [-0.25, -0.2) is 0 Å². The molecule has 2 rings (SSSR count). The first kappa shape index (κ1) is 13.4. The second kappa shape index (κ2) is 4.90. The van der Waals surface area contributed by atoms with Crippen LogP contribution in [0.25, 0.3) is 0 Å². The average Bonchev–Trinajstić information content (AvgIpc) is 2.32. The van der Waals surface area contributed by atoms with Crippen molar-refractivity contribution in [3.8, 4) is 0 Å². The topological polar surface area (TPSA) is 49.4 Å². The first-order valence-electron chi connectivity index (χ1n) is 7.05. The smallest absolute Gasteiger partial charge is 0.243 e. The highest BCUT2D eigenvalue weighted by molar-refractivity contribution is 5.95. The van der Waals surface area contributed by atoms with Crippen molar-refractivity contribution in [1.82, 2.24) is 10.2 Å². The molecule has 0 aromatic carbocycles. The summed E-state index contributed by atoms with van der Waals surface area (Å²) < 4.78 is 0. The number of hydrogen-bond donors (Lipinski definition) is 1. The molecule has 0 bridgehead atoms. The minimum Gasteiger partial charge on any atom is -0.345 e. The normalized spacial score (nSPS) is 28.4. The molecular weight excluding hydrogens is 228 g/mol. The molecule has 1 atom stereocenters. The monoisotopic (exact) mass is 252 g/mol. The minimum absolute atomic E-state index is 0.0106. The number of nitrogens with one attached hydrogen (secondary N) is 1. The summed E-state index contributed by atoms with van der Waals surface area (Å²) in [5, 5.41) is 2.72. The van der Waals surface area contributed by atoms with Crippen LogP contribution < -0.4 is 5.32 Å². The van der Waals surface area contributed by atoms with E-state index in [1.54, 1.807) is 0 Å². The maximum absolute atomic E-state index is 12.3. The van der Waals surface area contributed by atoms with Crippen LogP contribution in [0, 0.1) is 5.92 Å². The highest BCUT2D eigenvalue weighted by Crippen LogP contribution is 2.36. The van der Waals surface area contributed by atoms with Crippen molar-refractivity contribution in [2.45, 2.75) is 64.5 Å². The van der Waals surface area contributed by atoms with Gasteiger partial charge in [0.1, 0.15) is 6.04 Å². The van der Waals surface area contributed by atoms with Gasteiger partial charge in [-0.05, 0) is 25.7 Å². The lowest BCUT2D eigenvalue weighted by atomic mass is 9.79. The zero-order valence-corrected chi connectivity index (χ0v) is 11.7. The Balaban J connectivity index is 2.30. The predicted molar refractivity (Wildman–Crippen MR) is 70.0 cm³/mol. The third kappa shape index (κ3) is 2.25. The molecule has 1 heterocycles. The molecule has 1 aliphatic heterocycles. The fourth-order valence-electron chi connectivity index (χ4n) is 3.42. The van der Waals surface area contributed by atoms with E-state index in [1.807, 2.05) is 18.7 Å². The van der Waals surface area contributed by atoms with E-state index in [2.05, 4.69) is 12.2 Å². The Labute approximate surface area is 109 Å². The van der Waals surface area contributed by atoms with Gasteiger partial charge in [-0.1, -0.05) is 33.1 Å². The van der Waals surface area contributed by atoms with E-state index in [1.165, 1.54) is 6.42 Å². The molecule has 4 nitrogen and oxygen atoms in total. The summed E-state index contributed by atoms with van der Waals surface area (Å²) in [4.78, 5) is 26.2. The molecule has 0 radical (unpaired) electrons. The van der Waals surface area contributed by atoms with Crippen LogP contribution in [0.15, 0.2) is 0 Å². The number of rotatable bonds is 2. The van der Waals surface area contributed by atoms with Gasteiger partial charge in [-0.3, -0.25) is 9.59 Å². The molecular formula is C14H24N2O2. The number of hydrogen-bond acceptors (Lipinski definition) is 2. The lowest BCUT2D eigenvalue weighted by Gasteiger charge is -2.50. The zero-order valence-electron chi connectivity index (χ0n) is 11.7. The lowest BCUT2D eigenvalue weighted by Crippen LogP contribution is -2.67. The molecule has 0 aromatic rings. The quantitative estimate of drug-likeness (QED) is 0.813. The molecule has 2 fully saturated rings. The Hall–Kier alpha value is -1.06. The minimum atomic E-state index is -0.297. The van der Waals surface area contributed by atoms with Crippen molar-refractivity contribution >= 4 is 11.8 Å². The maximum Gasteiger partial charge on any atom is 0.243 e. The van der Waals surface area contributed by atoms with Crippen LogP contribution >= 0.6 is 0 Å². The molecule has 4 heteroatoms. The van der Waals surface area contributed by atoms with Gasteiger partial charge in [-0.15, -0.1) is 0 Å². The second-order valence-electron chi connectivity index (χ2n) is 6.23. The van der Waals surface area contributed by atoms with Crippen LogP contribution in [0.2, 0.25) is 0 Å². The van der Waals surface area contributed by atoms with Crippen molar-refractivity contribution < 1.29 is 9.59 Å². The molecule has 18 heavy (non-hydrogen) atoms. The number of carbonyl (C=O) groups excluding carboxylic acids is 2. The summed E-state index contributed by atoms with van der Waals surface area (Å²) in [7, 11) is 0. The summed E-state index contributed by atoms with van der Waals surface area (Å²) in [6.07, 6.45) is 5.61. The lowest BCUT2D eigenvalue weighted by molar-refractivity contribution is -0.156. The van der Waals surface area contributed by atoms with E-state index in [9.17, 15) is 9.59 Å². The van der Waals surface area contributed by atoms with Crippen LogP contribution in [0.4, 0.5) is 0 Å². The van der Waals surface area contributed by atoms with E-state index < -0.39 is 0 Å². The highest BCUT2D eigenvalue weighted by atomic mass is 16.2. The number of piperazine rings is 1. The Morgan fingerprint density at radius 1 is 1.22 bits per heavy atom. The van der Waals surface area contributed by atoms with E-state index in [0.717, 1.165) is 25.7 Å². The first-order valence-corrected chi connectivity index (χ1v) is 7.05. The summed E-state index contributed by atoms with van der Waals surface area (Å²) in [5.41, 5.74) is -0.123. The number of nitrogens with zero attached hydrogens (tertiary/aromatic N) is 1. The molecule has 102 valence electrons. The maximum atomic E-state index is 12.3. The summed E-state index contributed by atoms with van der Waals surface area (Å²) >= 11 is 0. The standard InChI is InChI=1S/C14H24N2O2/c1-10(2)12-13(18)15-9-11(17)16(12)14(3)7-5-4-6-8-14/h10,12H,4-9H2,1-3H3,(H,15,18). The van der Waals surface area contributed by atoms with E-state index >= 15 is 0 Å². The van der Waals surface area contributed by atoms with E-state index in [0.29, 0.717) is 0 Å². The Morgan fingerprint density at radius 2 is 1.83 bits per heavy atom. The fourth-order valence-corrected chi connectivity index (χ4v) is 3.42. The van der Waals surface area contributed by atoms with Crippen LogP contribution in [0.5, 0.6) is 0 Å². The van der Waals surface area contributed by atoms with Crippen LogP contribution in [-0.4, -0.2) is 34.8 Å². The summed E-state index contributed by atoms with van der Waals surface area (Å²) in [5.74, 6) is 0.252. The van der Waals surface area contributed by atoms with Gasteiger partial charge in [0.25, 0.3) is 0 Å². The van der Waals surface area contributed by atoms with Gasteiger partial charge in [-0.2, -0.15) is 0 Å². The molecule has 0 spiro atoms. The van der Waals surface area contributed by atoms with Crippen molar-refractivity contribution in [3.63, 3.8) is 0 Å². The number of carbonyl (C=O) groups is 2. The fraction of sp³-hybridized carbons (Fsp3) is 0.857. The molecule has 1 saturated carbocycles. The molecule has 2 amide bonds. The van der Waals surface area contributed by atoms with Crippen molar-refractivity contribution in [2.24, 2.45) is 5.92 Å². The SMILES string of the molecule is CC(C)C1C(=O)NCC(=O)N1C1(C)CCCCC1. The van der Waals surface area contributed by atoms with Crippen molar-refractivity contribution in [2.75, 3.05) is 6.54 Å². The van der Waals surface area contributed by atoms with Crippen LogP contribution in [-0.2, 0) is 9.59 Å². The van der Waals surface area contributed by atoms with Gasteiger partial charge in [0.2, 0.25) is 11.8 Å². The molecule has 1 aliphatic carbocycles. The Kier molecular flexibility index (Phi) is 3.64. The Bertz CT molecular complexity index is 346. The molecule has 1 saturated heterocycles. The third-order valence-electron chi connectivity index (χ3n) is 4.37. The Morgan fingerprint density at radius 3 is 2.39 bits per heavy atom. The highest BCUT2D eigenvalue weighted by Gasteiger charge is 2.46. The van der Waals surface area contributed by atoms with Gasteiger partial charge in [0.15, 0.2) is 0 Å². The van der Waals surface area contributed by atoms with Crippen LogP contribution in [0.3, 0.4) is 0 Å². The zero-order chi connectivity index (χ0) is 13.3. The van der Waals surface area contributed by atoms with E-state index in [4.69, 9.17) is 0 Å². The summed E-state index contributed by atoms with van der Waals surface area (Å²) in [6.45, 7) is 6.35. The van der Waals surface area contributed by atoms with E-state index in [-0.39, 0.29) is 35.9 Å². The molecule has 2 aliphatic rings. The molecule has 1 N–H and O–H groups in total. The second-order valence-corrected chi connectivity index (χ2v) is 6.23. The van der Waals surface area contributed by atoms with Crippen molar-refractivity contribution in [3.05, 3.63) is 0 Å². The summed E-state index contributed by atoms with van der Waals surface area (Å²) in [6, 6.07) is -0.297.